The summed E-state index contributed by atoms with van der Waals surface area (Å²) < 4.78 is 10.7. The number of carbonyl (C=O) groups is 1. The van der Waals surface area contributed by atoms with Crippen LogP contribution in [0.3, 0.4) is 0 Å². The van der Waals surface area contributed by atoms with Gasteiger partial charge >= 0.3 is 5.97 Å². The van der Waals surface area contributed by atoms with Crippen LogP contribution in [-0.4, -0.2) is 31.8 Å². The first kappa shape index (κ1) is 12.6. The van der Waals surface area contributed by atoms with Gasteiger partial charge in [0.2, 0.25) is 0 Å². The molecular weight excluding hydrogens is 242 g/mol. The summed E-state index contributed by atoms with van der Waals surface area (Å²) in [6.45, 7) is 2.09. The normalized spacial score (nSPS) is 26.5. The zero-order valence-corrected chi connectivity index (χ0v) is 10.9. The van der Waals surface area contributed by atoms with Gasteiger partial charge in [0.1, 0.15) is 6.10 Å². The van der Waals surface area contributed by atoms with Gasteiger partial charge < -0.3 is 9.47 Å². The topological polar surface area (TPSA) is 49.6 Å². The second-order valence-corrected chi connectivity index (χ2v) is 5.04. The van der Waals surface area contributed by atoms with Crippen LogP contribution < -0.4 is 5.32 Å². The highest BCUT2D eigenvalue weighted by molar-refractivity contribution is 5.91. The van der Waals surface area contributed by atoms with Crippen molar-refractivity contribution in [1.29, 1.82) is 0 Å². The molecule has 2 aliphatic heterocycles. The molecule has 2 fully saturated rings. The molecule has 0 aliphatic carbocycles. The van der Waals surface area contributed by atoms with Crippen molar-refractivity contribution < 1.29 is 14.3 Å². The van der Waals surface area contributed by atoms with Crippen LogP contribution in [0.5, 0.6) is 0 Å². The first-order chi connectivity index (χ1) is 9.34. The molecule has 2 atom stereocenters. The number of hydrogen-bond donors (Lipinski definition) is 0. The third-order valence-corrected chi connectivity index (χ3v) is 3.69. The highest BCUT2D eigenvalue weighted by Gasteiger charge is 2.26. The molecule has 1 radical (unpaired) electrons. The van der Waals surface area contributed by atoms with Crippen LogP contribution in [0.25, 0.3) is 0 Å². The van der Waals surface area contributed by atoms with Crippen LogP contribution in [0.4, 0.5) is 0 Å². The Morgan fingerprint density at radius 1 is 1.32 bits per heavy atom. The minimum Gasteiger partial charge on any atom is -0.456 e. The monoisotopic (exact) mass is 260 g/mol. The van der Waals surface area contributed by atoms with Crippen molar-refractivity contribution in [3.63, 3.8) is 0 Å². The van der Waals surface area contributed by atoms with Crippen LogP contribution in [0.1, 0.15) is 41.2 Å². The van der Waals surface area contributed by atoms with Crippen molar-refractivity contribution in [1.82, 2.24) is 5.32 Å². The first-order valence-corrected chi connectivity index (χ1v) is 6.89. The van der Waals surface area contributed by atoms with Gasteiger partial charge in [-0.15, -0.1) is 0 Å². The third kappa shape index (κ3) is 2.80. The van der Waals surface area contributed by atoms with E-state index in [2.05, 4.69) is 5.32 Å². The second kappa shape index (κ2) is 5.72. The summed E-state index contributed by atoms with van der Waals surface area (Å²) in [6.07, 6.45) is 2.82. The van der Waals surface area contributed by atoms with Crippen LogP contribution >= 0.6 is 0 Å². The lowest BCUT2D eigenvalue weighted by molar-refractivity contribution is 0.0269. The van der Waals surface area contributed by atoms with Crippen molar-refractivity contribution in [2.75, 3.05) is 19.8 Å². The fourth-order valence-corrected chi connectivity index (χ4v) is 2.67. The molecule has 101 valence electrons. The molecule has 1 unspecified atom stereocenters. The second-order valence-electron chi connectivity index (χ2n) is 5.04. The Labute approximate surface area is 113 Å². The summed E-state index contributed by atoms with van der Waals surface area (Å²) in [5.41, 5.74) is 1.66. The maximum Gasteiger partial charge on any atom is 0.338 e. The molecule has 19 heavy (non-hydrogen) atoms. The SMILES string of the molecule is O=C(O[C@H]1CCOC1)c1ccccc1C1CCC[N]1. The van der Waals surface area contributed by atoms with E-state index in [4.69, 9.17) is 9.47 Å². The van der Waals surface area contributed by atoms with E-state index < -0.39 is 0 Å². The van der Waals surface area contributed by atoms with Gasteiger partial charge in [0.25, 0.3) is 0 Å². The molecule has 2 aliphatic rings. The zero-order valence-electron chi connectivity index (χ0n) is 10.9. The fourth-order valence-electron chi connectivity index (χ4n) is 2.67. The molecule has 0 saturated carbocycles. The van der Waals surface area contributed by atoms with Crippen LogP contribution in [0.2, 0.25) is 0 Å². The Morgan fingerprint density at radius 3 is 2.95 bits per heavy atom. The highest BCUT2D eigenvalue weighted by Crippen LogP contribution is 2.28. The maximum absolute atomic E-state index is 12.3. The number of rotatable bonds is 3. The van der Waals surface area contributed by atoms with E-state index in [9.17, 15) is 4.79 Å². The predicted molar refractivity (Wildman–Crippen MR) is 70.1 cm³/mol. The number of nitrogens with zero attached hydrogens (tertiary/aromatic N) is 1. The molecule has 2 saturated heterocycles. The molecule has 0 bridgehead atoms. The Hall–Kier alpha value is -1.39. The largest absolute Gasteiger partial charge is 0.456 e. The number of esters is 1. The molecule has 1 aromatic rings. The Kier molecular flexibility index (Phi) is 3.80. The van der Waals surface area contributed by atoms with Gasteiger partial charge in [0.15, 0.2) is 0 Å². The summed E-state index contributed by atoms with van der Waals surface area (Å²) in [6, 6.07) is 7.81. The maximum atomic E-state index is 12.3. The molecule has 3 rings (SSSR count). The Balaban J connectivity index is 1.76. The lowest BCUT2D eigenvalue weighted by atomic mass is 9.99. The number of ether oxygens (including phenoxy) is 2. The van der Waals surface area contributed by atoms with Gasteiger partial charge in [-0.2, -0.15) is 0 Å². The highest BCUT2D eigenvalue weighted by atomic mass is 16.6. The average Bonchev–Trinajstić information content (AvgIpc) is 3.11. The summed E-state index contributed by atoms with van der Waals surface area (Å²) in [5.74, 6) is -0.242. The van der Waals surface area contributed by atoms with Crippen molar-refractivity contribution >= 4 is 5.97 Å². The van der Waals surface area contributed by atoms with Gasteiger partial charge in [-0.3, -0.25) is 0 Å². The standard InChI is InChI=1S/C15H18NO3/c17-15(19-11-7-9-18-10-11)13-5-2-1-4-12(13)14-6-3-8-16-14/h1-2,4-5,11,14H,3,6-10H2/t11-,14?/m0/s1. The van der Waals surface area contributed by atoms with Gasteiger partial charge in [-0.1, -0.05) is 18.2 Å². The number of hydrogen-bond acceptors (Lipinski definition) is 3. The van der Waals surface area contributed by atoms with E-state index in [0.717, 1.165) is 31.4 Å². The predicted octanol–water partition coefficient (Wildman–Crippen LogP) is 2.07. The Morgan fingerprint density at radius 2 is 2.21 bits per heavy atom. The van der Waals surface area contributed by atoms with E-state index in [0.29, 0.717) is 18.8 Å². The number of carbonyl (C=O) groups excluding carboxylic acids is 1. The van der Waals surface area contributed by atoms with Crippen LogP contribution in [0, 0.1) is 0 Å². The minimum atomic E-state index is -0.242. The van der Waals surface area contributed by atoms with Crippen molar-refractivity contribution in [3.8, 4) is 0 Å². The molecule has 0 spiro atoms. The molecule has 2 heterocycles. The van der Waals surface area contributed by atoms with Gasteiger partial charge in [-0.25, -0.2) is 10.1 Å². The molecule has 1 aromatic carbocycles. The van der Waals surface area contributed by atoms with Gasteiger partial charge in [0.05, 0.1) is 24.8 Å². The Bertz CT molecular complexity index is 448. The van der Waals surface area contributed by atoms with Crippen molar-refractivity contribution in [3.05, 3.63) is 35.4 Å². The quantitative estimate of drug-likeness (QED) is 0.782. The zero-order chi connectivity index (χ0) is 13.1. The van der Waals surface area contributed by atoms with Crippen molar-refractivity contribution in [2.24, 2.45) is 0 Å². The van der Waals surface area contributed by atoms with E-state index in [1.54, 1.807) is 0 Å². The molecular formula is C15H18NO3. The number of benzene rings is 1. The summed E-state index contributed by atoms with van der Waals surface area (Å²) >= 11 is 0. The first-order valence-electron chi connectivity index (χ1n) is 6.89. The van der Waals surface area contributed by atoms with Gasteiger partial charge in [0, 0.05) is 13.0 Å². The van der Waals surface area contributed by atoms with Crippen LogP contribution in [-0.2, 0) is 9.47 Å². The molecule has 0 amide bonds. The smallest absolute Gasteiger partial charge is 0.338 e. The van der Waals surface area contributed by atoms with E-state index >= 15 is 0 Å². The average molecular weight is 260 g/mol. The van der Waals surface area contributed by atoms with Crippen molar-refractivity contribution in [2.45, 2.75) is 31.4 Å². The molecule has 0 aromatic heterocycles. The summed E-state index contributed by atoms with van der Waals surface area (Å²) in [7, 11) is 0. The minimum absolute atomic E-state index is 0.0962. The molecule has 0 N–H and O–H groups in total. The van der Waals surface area contributed by atoms with E-state index in [-0.39, 0.29) is 18.1 Å². The molecule has 4 heteroatoms. The third-order valence-electron chi connectivity index (χ3n) is 3.69. The molecule has 4 nitrogen and oxygen atoms in total. The summed E-state index contributed by atoms with van der Waals surface area (Å²) in [4.78, 5) is 12.3. The lowest BCUT2D eigenvalue weighted by Crippen LogP contribution is -2.20. The van der Waals surface area contributed by atoms with Gasteiger partial charge in [-0.05, 0) is 24.5 Å². The van der Waals surface area contributed by atoms with Crippen LogP contribution in [0.15, 0.2) is 24.3 Å². The van der Waals surface area contributed by atoms with E-state index in [1.807, 2.05) is 24.3 Å². The lowest BCUT2D eigenvalue weighted by Gasteiger charge is -2.16. The van der Waals surface area contributed by atoms with E-state index in [1.165, 1.54) is 0 Å². The fraction of sp³-hybridized carbons (Fsp3) is 0.533. The summed E-state index contributed by atoms with van der Waals surface area (Å²) in [5, 5.41) is 4.55.